The first-order valence-electron chi connectivity index (χ1n) is 10.3. The van der Waals surface area contributed by atoms with E-state index < -0.39 is 0 Å². The van der Waals surface area contributed by atoms with E-state index in [1.54, 1.807) is 6.92 Å². The molecule has 0 N–H and O–H groups in total. The van der Waals surface area contributed by atoms with E-state index in [2.05, 4.69) is 25.1 Å². The Hall–Kier alpha value is -3.40. The highest BCUT2D eigenvalue weighted by atomic mass is 16.2. The second-order valence-corrected chi connectivity index (χ2v) is 7.93. The van der Waals surface area contributed by atoms with Gasteiger partial charge in [-0.15, -0.1) is 0 Å². The van der Waals surface area contributed by atoms with Gasteiger partial charge in [0.15, 0.2) is 0 Å². The van der Waals surface area contributed by atoms with E-state index in [-0.39, 0.29) is 23.9 Å². The van der Waals surface area contributed by atoms with E-state index in [0.717, 1.165) is 22.5 Å². The molecule has 3 aromatic carbocycles. The highest BCUT2D eigenvalue weighted by Gasteiger charge is 2.38. The minimum atomic E-state index is -0.165. The molecule has 0 radical (unpaired) electrons. The SMILES string of the molecule is CC(=O)N1c2cc(C)ccc2[C@@H](N(C(=O)c2ccccc2)c2ccccc2)C[C@@H]1C. The van der Waals surface area contributed by atoms with Crippen molar-refractivity contribution >= 4 is 23.2 Å². The second kappa shape index (κ2) is 8.15. The third-order valence-electron chi connectivity index (χ3n) is 5.73. The minimum Gasteiger partial charge on any atom is -0.309 e. The number of amides is 2. The van der Waals surface area contributed by atoms with Crippen molar-refractivity contribution in [2.24, 2.45) is 0 Å². The number of hydrogen-bond donors (Lipinski definition) is 0. The Morgan fingerprint density at radius 1 is 0.933 bits per heavy atom. The smallest absolute Gasteiger partial charge is 0.258 e. The van der Waals surface area contributed by atoms with Gasteiger partial charge in [-0.05, 0) is 61.7 Å². The van der Waals surface area contributed by atoms with Crippen molar-refractivity contribution in [1.29, 1.82) is 0 Å². The Labute approximate surface area is 177 Å². The summed E-state index contributed by atoms with van der Waals surface area (Å²) in [7, 11) is 0. The summed E-state index contributed by atoms with van der Waals surface area (Å²) >= 11 is 0. The molecule has 3 aromatic rings. The normalized spacial score (nSPS) is 17.9. The number of para-hydroxylation sites is 1. The Morgan fingerprint density at radius 2 is 1.57 bits per heavy atom. The number of carbonyl (C=O) groups is 2. The maximum absolute atomic E-state index is 13.7. The van der Waals surface area contributed by atoms with E-state index >= 15 is 0 Å². The summed E-state index contributed by atoms with van der Waals surface area (Å²) in [6.07, 6.45) is 0.670. The van der Waals surface area contributed by atoms with Crippen molar-refractivity contribution in [3.63, 3.8) is 0 Å². The molecule has 152 valence electrons. The number of anilines is 2. The van der Waals surface area contributed by atoms with Crippen LogP contribution in [0.1, 0.15) is 47.8 Å². The minimum absolute atomic E-state index is 0.0171. The molecule has 0 aliphatic carbocycles. The molecule has 0 saturated heterocycles. The lowest BCUT2D eigenvalue weighted by atomic mass is 9.88. The molecular weight excluding hydrogens is 372 g/mol. The van der Waals surface area contributed by atoms with E-state index in [1.165, 1.54) is 0 Å². The van der Waals surface area contributed by atoms with Gasteiger partial charge in [0.2, 0.25) is 5.91 Å². The lowest BCUT2D eigenvalue weighted by Crippen LogP contribution is -2.47. The molecule has 1 aliphatic rings. The molecule has 0 saturated carbocycles. The first-order valence-corrected chi connectivity index (χ1v) is 10.3. The van der Waals surface area contributed by atoms with Crippen molar-refractivity contribution < 1.29 is 9.59 Å². The topological polar surface area (TPSA) is 40.6 Å². The van der Waals surface area contributed by atoms with Crippen LogP contribution in [0.3, 0.4) is 0 Å². The largest absolute Gasteiger partial charge is 0.309 e. The summed E-state index contributed by atoms with van der Waals surface area (Å²) in [6, 6.07) is 25.1. The van der Waals surface area contributed by atoms with Crippen LogP contribution in [0.2, 0.25) is 0 Å². The number of carbonyl (C=O) groups excluding carboxylic acids is 2. The van der Waals surface area contributed by atoms with Gasteiger partial charge in [-0.1, -0.05) is 48.5 Å². The molecule has 4 rings (SSSR count). The number of hydrogen-bond acceptors (Lipinski definition) is 2. The first kappa shape index (κ1) is 19.9. The highest BCUT2D eigenvalue weighted by molar-refractivity contribution is 6.07. The molecule has 1 aliphatic heterocycles. The van der Waals surface area contributed by atoms with Crippen LogP contribution < -0.4 is 9.80 Å². The van der Waals surface area contributed by atoms with Gasteiger partial charge in [0.25, 0.3) is 5.91 Å². The predicted molar refractivity (Wildman–Crippen MR) is 121 cm³/mol. The molecular formula is C26H26N2O2. The van der Waals surface area contributed by atoms with Crippen molar-refractivity contribution in [3.8, 4) is 0 Å². The zero-order valence-corrected chi connectivity index (χ0v) is 17.6. The van der Waals surface area contributed by atoms with Gasteiger partial charge >= 0.3 is 0 Å². The second-order valence-electron chi connectivity index (χ2n) is 7.93. The third-order valence-corrected chi connectivity index (χ3v) is 5.73. The number of aryl methyl sites for hydroxylation is 1. The average Bonchev–Trinajstić information content (AvgIpc) is 2.74. The van der Waals surface area contributed by atoms with Gasteiger partial charge < -0.3 is 9.80 Å². The highest BCUT2D eigenvalue weighted by Crippen LogP contribution is 2.43. The van der Waals surface area contributed by atoms with Crippen molar-refractivity contribution in [3.05, 3.63) is 95.6 Å². The molecule has 0 bridgehead atoms. The van der Waals surface area contributed by atoms with E-state index in [1.807, 2.05) is 77.4 Å². The maximum Gasteiger partial charge on any atom is 0.258 e. The lowest BCUT2D eigenvalue weighted by molar-refractivity contribution is -0.117. The zero-order chi connectivity index (χ0) is 21.3. The molecule has 2 amide bonds. The zero-order valence-electron chi connectivity index (χ0n) is 17.6. The molecule has 0 fully saturated rings. The van der Waals surface area contributed by atoms with Gasteiger partial charge in [0.1, 0.15) is 0 Å². The molecule has 0 aromatic heterocycles. The summed E-state index contributed by atoms with van der Waals surface area (Å²) in [5.74, 6) is -0.0183. The number of nitrogens with zero attached hydrogens (tertiary/aromatic N) is 2. The van der Waals surface area contributed by atoms with Crippen molar-refractivity contribution in [1.82, 2.24) is 0 Å². The average molecular weight is 399 g/mol. The fourth-order valence-electron chi connectivity index (χ4n) is 4.41. The molecule has 30 heavy (non-hydrogen) atoms. The first-order chi connectivity index (χ1) is 14.5. The standard InChI is InChI=1S/C26H26N2O2/c1-18-14-15-23-24(16-18)27(20(3)29)19(2)17-25(23)28(22-12-8-5-9-13-22)26(30)21-10-6-4-7-11-21/h4-16,19,25H,17H2,1-3H3/t19-,25-/m0/s1. The fourth-order valence-corrected chi connectivity index (χ4v) is 4.41. The molecule has 4 heteroatoms. The van der Waals surface area contributed by atoms with Crippen molar-refractivity contribution in [2.75, 3.05) is 9.80 Å². The Balaban J connectivity index is 1.88. The van der Waals surface area contributed by atoms with Crippen LogP contribution in [-0.2, 0) is 4.79 Å². The molecule has 2 atom stereocenters. The summed E-state index contributed by atoms with van der Waals surface area (Å²) in [4.78, 5) is 29.9. The summed E-state index contributed by atoms with van der Waals surface area (Å²) in [5.41, 5.74) is 4.49. The van der Waals surface area contributed by atoms with Gasteiger partial charge in [-0.3, -0.25) is 9.59 Å². The van der Waals surface area contributed by atoms with Crippen LogP contribution in [-0.4, -0.2) is 17.9 Å². The van der Waals surface area contributed by atoms with Crippen LogP contribution in [0.4, 0.5) is 11.4 Å². The molecule has 0 unspecified atom stereocenters. The number of benzene rings is 3. The summed E-state index contributed by atoms with van der Waals surface area (Å²) in [5, 5.41) is 0. The van der Waals surface area contributed by atoms with E-state index in [9.17, 15) is 9.59 Å². The Kier molecular flexibility index (Phi) is 5.40. The summed E-state index contributed by atoms with van der Waals surface area (Å²) in [6.45, 7) is 5.68. The van der Waals surface area contributed by atoms with Gasteiger partial charge in [0.05, 0.1) is 6.04 Å². The van der Waals surface area contributed by atoms with E-state index in [0.29, 0.717) is 12.0 Å². The Morgan fingerprint density at radius 3 is 2.20 bits per heavy atom. The van der Waals surface area contributed by atoms with Gasteiger partial charge in [0, 0.05) is 29.9 Å². The van der Waals surface area contributed by atoms with Crippen LogP contribution in [0.5, 0.6) is 0 Å². The number of rotatable bonds is 3. The molecule has 4 nitrogen and oxygen atoms in total. The predicted octanol–water partition coefficient (Wildman–Crippen LogP) is 5.53. The van der Waals surface area contributed by atoms with Crippen LogP contribution >= 0.6 is 0 Å². The monoisotopic (exact) mass is 398 g/mol. The Bertz CT molecular complexity index is 1060. The van der Waals surface area contributed by atoms with Crippen LogP contribution in [0.15, 0.2) is 78.9 Å². The summed E-state index contributed by atoms with van der Waals surface area (Å²) < 4.78 is 0. The maximum atomic E-state index is 13.7. The van der Waals surface area contributed by atoms with E-state index in [4.69, 9.17) is 0 Å². The van der Waals surface area contributed by atoms with Crippen LogP contribution in [0.25, 0.3) is 0 Å². The fraction of sp³-hybridized carbons (Fsp3) is 0.231. The number of fused-ring (bicyclic) bond motifs is 1. The quantitative estimate of drug-likeness (QED) is 0.582. The van der Waals surface area contributed by atoms with Crippen molar-refractivity contribution in [2.45, 2.75) is 39.3 Å². The lowest BCUT2D eigenvalue weighted by Gasteiger charge is -2.43. The third kappa shape index (κ3) is 3.61. The van der Waals surface area contributed by atoms with Gasteiger partial charge in [-0.25, -0.2) is 0 Å². The van der Waals surface area contributed by atoms with Gasteiger partial charge in [-0.2, -0.15) is 0 Å². The molecule has 0 spiro atoms. The molecule has 1 heterocycles. The van der Waals surface area contributed by atoms with Crippen LogP contribution in [0, 0.1) is 6.92 Å².